The van der Waals surface area contributed by atoms with E-state index in [2.05, 4.69) is 0 Å². The second-order valence-electron chi connectivity index (χ2n) is 5.34. The van der Waals surface area contributed by atoms with Gasteiger partial charge in [-0.1, -0.05) is 60.7 Å². The van der Waals surface area contributed by atoms with Crippen molar-refractivity contribution in [2.75, 3.05) is 7.11 Å². The maximum atomic E-state index is 11.9. The van der Waals surface area contributed by atoms with Crippen LogP contribution >= 0.6 is 0 Å². The molecule has 0 radical (unpaired) electrons. The zero-order valence-corrected chi connectivity index (χ0v) is 13.4. The Bertz CT molecular complexity index is 808. The van der Waals surface area contributed by atoms with Crippen LogP contribution < -0.4 is 4.74 Å². The molecule has 24 heavy (non-hydrogen) atoms. The van der Waals surface area contributed by atoms with E-state index in [-0.39, 0.29) is 5.97 Å². The fourth-order valence-electron chi connectivity index (χ4n) is 2.49. The quantitative estimate of drug-likeness (QED) is 0.639. The first-order valence-corrected chi connectivity index (χ1v) is 7.72. The standard InChI is InChI=1S/C21H18O3/c1-23-21(22)20-10-6-5-9-19(20)17-11-13-18(14-12-17)24-15-16-7-3-2-4-8-16/h2-14H,15H2,1H3. The number of benzene rings is 3. The first-order chi connectivity index (χ1) is 11.8. The second kappa shape index (κ2) is 7.47. The molecular weight excluding hydrogens is 300 g/mol. The van der Waals surface area contributed by atoms with Crippen LogP contribution in [0.1, 0.15) is 15.9 Å². The summed E-state index contributed by atoms with van der Waals surface area (Å²) in [5.41, 5.74) is 3.47. The van der Waals surface area contributed by atoms with Crippen LogP contribution in [0.25, 0.3) is 11.1 Å². The van der Waals surface area contributed by atoms with Crippen molar-refractivity contribution in [3.63, 3.8) is 0 Å². The number of methoxy groups -OCH3 is 1. The molecule has 0 fully saturated rings. The van der Waals surface area contributed by atoms with E-state index in [4.69, 9.17) is 9.47 Å². The van der Waals surface area contributed by atoms with Crippen LogP contribution in [0.5, 0.6) is 5.75 Å². The van der Waals surface area contributed by atoms with E-state index in [0.717, 1.165) is 22.4 Å². The Morgan fingerprint density at radius 1 is 0.833 bits per heavy atom. The van der Waals surface area contributed by atoms with Crippen molar-refractivity contribution >= 4 is 5.97 Å². The summed E-state index contributed by atoms with van der Waals surface area (Å²) in [5, 5.41) is 0. The Balaban J connectivity index is 1.77. The topological polar surface area (TPSA) is 35.5 Å². The minimum absolute atomic E-state index is 0.338. The predicted octanol–water partition coefficient (Wildman–Crippen LogP) is 4.72. The van der Waals surface area contributed by atoms with Crippen molar-refractivity contribution in [3.05, 3.63) is 90.0 Å². The number of esters is 1. The lowest BCUT2D eigenvalue weighted by Crippen LogP contribution is -2.03. The summed E-state index contributed by atoms with van der Waals surface area (Å²) in [7, 11) is 1.39. The third kappa shape index (κ3) is 3.63. The summed E-state index contributed by atoms with van der Waals surface area (Å²) in [6.45, 7) is 0.527. The largest absolute Gasteiger partial charge is 0.489 e. The number of carbonyl (C=O) groups is 1. The Morgan fingerprint density at radius 3 is 2.21 bits per heavy atom. The summed E-state index contributed by atoms with van der Waals surface area (Å²) < 4.78 is 10.6. The van der Waals surface area contributed by atoms with Crippen molar-refractivity contribution in [2.45, 2.75) is 6.61 Å². The summed E-state index contributed by atoms with van der Waals surface area (Å²) in [6.07, 6.45) is 0. The molecule has 0 aromatic heterocycles. The third-order valence-corrected chi connectivity index (χ3v) is 3.75. The van der Waals surface area contributed by atoms with E-state index in [9.17, 15) is 4.79 Å². The van der Waals surface area contributed by atoms with Gasteiger partial charge in [0.05, 0.1) is 12.7 Å². The second-order valence-corrected chi connectivity index (χ2v) is 5.34. The lowest BCUT2D eigenvalue weighted by atomic mass is 10.00. The predicted molar refractivity (Wildman–Crippen MR) is 94.0 cm³/mol. The van der Waals surface area contributed by atoms with Crippen LogP contribution in [0.2, 0.25) is 0 Å². The van der Waals surface area contributed by atoms with Gasteiger partial charge in [0.1, 0.15) is 12.4 Å². The van der Waals surface area contributed by atoms with Crippen LogP contribution in [0, 0.1) is 0 Å². The summed E-state index contributed by atoms with van der Waals surface area (Å²) in [6, 6.07) is 25.1. The number of carbonyl (C=O) groups excluding carboxylic acids is 1. The first-order valence-electron chi connectivity index (χ1n) is 7.72. The van der Waals surface area contributed by atoms with Gasteiger partial charge in [0.25, 0.3) is 0 Å². The number of hydrogen-bond donors (Lipinski definition) is 0. The normalized spacial score (nSPS) is 10.2. The highest BCUT2D eigenvalue weighted by atomic mass is 16.5. The van der Waals surface area contributed by atoms with E-state index in [1.54, 1.807) is 6.07 Å². The SMILES string of the molecule is COC(=O)c1ccccc1-c1ccc(OCc2ccccc2)cc1. The van der Waals surface area contributed by atoms with Crippen LogP contribution in [0.4, 0.5) is 0 Å². The molecule has 0 saturated heterocycles. The Labute approximate surface area is 141 Å². The highest BCUT2D eigenvalue weighted by Crippen LogP contribution is 2.26. The van der Waals surface area contributed by atoms with E-state index >= 15 is 0 Å². The van der Waals surface area contributed by atoms with E-state index < -0.39 is 0 Å². The first kappa shape index (κ1) is 15.8. The number of ether oxygens (including phenoxy) is 2. The molecule has 0 spiro atoms. The van der Waals surface area contributed by atoms with Crippen LogP contribution in [0.15, 0.2) is 78.9 Å². The zero-order valence-electron chi connectivity index (χ0n) is 13.4. The van der Waals surface area contributed by atoms with Gasteiger partial charge in [-0.25, -0.2) is 4.79 Å². The molecule has 0 amide bonds. The molecule has 3 aromatic carbocycles. The number of hydrogen-bond acceptors (Lipinski definition) is 3. The third-order valence-electron chi connectivity index (χ3n) is 3.75. The van der Waals surface area contributed by atoms with E-state index in [1.807, 2.05) is 72.8 Å². The smallest absolute Gasteiger partial charge is 0.338 e. The van der Waals surface area contributed by atoms with Crippen LogP contribution in [-0.2, 0) is 11.3 Å². The molecule has 0 unspecified atom stereocenters. The molecule has 3 heteroatoms. The highest BCUT2D eigenvalue weighted by molar-refractivity contribution is 5.97. The lowest BCUT2D eigenvalue weighted by molar-refractivity contribution is 0.0601. The molecule has 120 valence electrons. The maximum absolute atomic E-state index is 11.9. The Hall–Kier alpha value is -3.07. The van der Waals surface area contributed by atoms with Gasteiger partial charge in [0, 0.05) is 0 Å². The fraction of sp³-hybridized carbons (Fsp3) is 0.0952. The van der Waals surface area contributed by atoms with Crippen LogP contribution in [-0.4, -0.2) is 13.1 Å². The Kier molecular flexibility index (Phi) is 4.92. The highest BCUT2D eigenvalue weighted by Gasteiger charge is 2.12. The van der Waals surface area contributed by atoms with Gasteiger partial charge in [-0.2, -0.15) is 0 Å². The van der Waals surface area contributed by atoms with Gasteiger partial charge in [0.15, 0.2) is 0 Å². The van der Waals surface area contributed by atoms with Crippen LogP contribution in [0.3, 0.4) is 0 Å². The summed E-state index contributed by atoms with van der Waals surface area (Å²) in [5.74, 6) is 0.452. The van der Waals surface area contributed by atoms with Gasteiger partial charge < -0.3 is 9.47 Å². The maximum Gasteiger partial charge on any atom is 0.338 e. The molecule has 0 N–H and O–H groups in total. The van der Waals surface area contributed by atoms with Gasteiger partial charge in [-0.15, -0.1) is 0 Å². The molecule has 0 saturated carbocycles. The molecular formula is C21H18O3. The van der Waals surface area contributed by atoms with Gasteiger partial charge in [-0.05, 0) is 34.9 Å². The molecule has 3 rings (SSSR count). The van der Waals surface area contributed by atoms with Gasteiger partial charge >= 0.3 is 5.97 Å². The van der Waals surface area contributed by atoms with Crippen molar-refractivity contribution in [3.8, 4) is 16.9 Å². The monoisotopic (exact) mass is 318 g/mol. The molecule has 3 aromatic rings. The molecule has 0 heterocycles. The van der Waals surface area contributed by atoms with Crippen molar-refractivity contribution in [1.29, 1.82) is 0 Å². The van der Waals surface area contributed by atoms with E-state index in [1.165, 1.54) is 7.11 Å². The average molecular weight is 318 g/mol. The van der Waals surface area contributed by atoms with Crippen molar-refractivity contribution in [1.82, 2.24) is 0 Å². The molecule has 0 bridgehead atoms. The minimum Gasteiger partial charge on any atom is -0.489 e. The molecule has 0 aliphatic rings. The summed E-state index contributed by atoms with van der Waals surface area (Å²) >= 11 is 0. The van der Waals surface area contributed by atoms with Crippen molar-refractivity contribution < 1.29 is 14.3 Å². The zero-order chi connectivity index (χ0) is 16.8. The average Bonchev–Trinajstić information content (AvgIpc) is 2.67. The van der Waals surface area contributed by atoms with E-state index in [0.29, 0.717) is 12.2 Å². The molecule has 0 atom stereocenters. The minimum atomic E-state index is -0.338. The molecule has 3 nitrogen and oxygen atoms in total. The van der Waals surface area contributed by atoms with Gasteiger partial charge in [0.2, 0.25) is 0 Å². The number of rotatable bonds is 5. The molecule has 0 aliphatic carbocycles. The fourth-order valence-corrected chi connectivity index (χ4v) is 2.49. The summed E-state index contributed by atoms with van der Waals surface area (Å²) in [4.78, 5) is 11.9. The van der Waals surface area contributed by atoms with Crippen molar-refractivity contribution in [2.24, 2.45) is 0 Å². The lowest BCUT2D eigenvalue weighted by Gasteiger charge is -2.10. The van der Waals surface area contributed by atoms with Gasteiger partial charge in [-0.3, -0.25) is 0 Å². The molecule has 0 aliphatic heterocycles. The Morgan fingerprint density at radius 2 is 1.50 bits per heavy atom.